The van der Waals surface area contributed by atoms with E-state index < -0.39 is 0 Å². The van der Waals surface area contributed by atoms with Gasteiger partial charge in [0, 0.05) is 18.6 Å². The van der Waals surface area contributed by atoms with Gasteiger partial charge in [-0.2, -0.15) is 0 Å². The average Bonchev–Trinajstić information content (AvgIpc) is 2.83. The molecule has 0 amide bonds. The van der Waals surface area contributed by atoms with E-state index in [0.29, 0.717) is 12.1 Å². The molecule has 1 rings (SSSR count). The van der Waals surface area contributed by atoms with Gasteiger partial charge in [-0.25, -0.2) is 0 Å². The second-order valence-corrected chi connectivity index (χ2v) is 4.70. The summed E-state index contributed by atoms with van der Waals surface area (Å²) in [6.07, 6.45) is 4.15. The zero-order valence-electron chi connectivity index (χ0n) is 11.6. The van der Waals surface area contributed by atoms with Crippen LogP contribution in [0.1, 0.15) is 39.4 Å². The molecule has 1 atom stereocenters. The summed E-state index contributed by atoms with van der Waals surface area (Å²) in [5.41, 5.74) is 0. The van der Waals surface area contributed by atoms with Gasteiger partial charge in [0.2, 0.25) is 0 Å². The van der Waals surface area contributed by atoms with Crippen molar-refractivity contribution in [2.45, 2.75) is 52.2 Å². The third-order valence-corrected chi connectivity index (χ3v) is 3.53. The highest BCUT2D eigenvalue weighted by Gasteiger charge is 2.16. The lowest BCUT2D eigenvalue weighted by atomic mass is 10.1. The largest absolute Gasteiger partial charge is 0.468 e. The van der Waals surface area contributed by atoms with Gasteiger partial charge in [0.15, 0.2) is 0 Å². The minimum atomic E-state index is 0.551. The van der Waals surface area contributed by atoms with Crippen molar-refractivity contribution < 1.29 is 4.42 Å². The molecule has 0 fully saturated rings. The fourth-order valence-electron chi connectivity index (χ4n) is 2.19. The maximum Gasteiger partial charge on any atom is 0.117 e. The minimum absolute atomic E-state index is 0.551. The Morgan fingerprint density at radius 2 is 2.06 bits per heavy atom. The molecule has 1 aromatic rings. The summed E-state index contributed by atoms with van der Waals surface area (Å²) in [7, 11) is 2.22. The maximum atomic E-state index is 5.29. The highest BCUT2D eigenvalue weighted by molar-refractivity contribution is 4.97. The van der Waals surface area contributed by atoms with Gasteiger partial charge in [-0.1, -0.05) is 13.8 Å². The third-order valence-electron chi connectivity index (χ3n) is 3.53. The standard InChI is InChI=1S/C14H26N2O/c1-5-13(6-2)16(4)12(3)10-15-11-14-8-7-9-17-14/h7-9,12-13,15H,5-6,10-11H2,1-4H3. The lowest BCUT2D eigenvalue weighted by molar-refractivity contribution is 0.170. The van der Waals surface area contributed by atoms with Gasteiger partial charge in [-0.05, 0) is 38.9 Å². The summed E-state index contributed by atoms with van der Waals surface area (Å²) >= 11 is 0. The highest BCUT2D eigenvalue weighted by Crippen LogP contribution is 2.09. The van der Waals surface area contributed by atoms with Crippen LogP contribution >= 0.6 is 0 Å². The molecule has 0 aromatic carbocycles. The number of hydrogen-bond donors (Lipinski definition) is 1. The zero-order chi connectivity index (χ0) is 12.7. The topological polar surface area (TPSA) is 28.4 Å². The first-order valence-corrected chi connectivity index (χ1v) is 6.64. The summed E-state index contributed by atoms with van der Waals surface area (Å²) in [6, 6.07) is 5.17. The Labute approximate surface area is 105 Å². The van der Waals surface area contributed by atoms with Gasteiger partial charge in [-0.15, -0.1) is 0 Å². The van der Waals surface area contributed by atoms with Crippen molar-refractivity contribution in [1.29, 1.82) is 0 Å². The van der Waals surface area contributed by atoms with Crippen LogP contribution in [0.2, 0.25) is 0 Å². The van der Waals surface area contributed by atoms with E-state index >= 15 is 0 Å². The van der Waals surface area contributed by atoms with Gasteiger partial charge in [0.05, 0.1) is 12.8 Å². The van der Waals surface area contributed by atoms with Crippen molar-refractivity contribution in [2.24, 2.45) is 0 Å². The predicted molar refractivity (Wildman–Crippen MR) is 72.0 cm³/mol. The van der Waals surface area contributed by atoms with Crippen LogP contribution in [-0.4, -0.2) is 30.6 Å². The molecule has 17 heavy (non-hydrogen) atoms. The van der Waals surface area contributed by atoms with Gasteiger partial charge < -0.3 is 9.73 Å². The molecule has 1 unspecified atom stereocenters. The van der Waals surface area contributed by atoms with Gasteiger partial charge >= 0.3 is 0 Å². The summed E-state index contributed by atoms with van der Waals surface area (Å²) in [5, 5.41) is 3.44. The molecular weight excluding hydrogens is 212 g/mol. The molecule has 3 nitrogen and oxygen atoms in total. The van der Waals surface area contributed by atoms with Crippen LogP contribution in [0, 0.1) is 0 Å². The van der Waals surface area contributed by atoms with E-state index in [2.05, 4.69) is 38.0 Å². The van der Waals surface area contributed by atoms with Crippen molar-refractivity contribution in [2.75, 3.05) is 13.6 Å². The van der Waals surface area contributed by atoms with Crippen LogP contribution in [0.3, 0.4) is 0 Å². The average molecular weight is 238 g/mol. The lowest BCUT2D eigenvalue weighted by Gasteiger charge is -2.32. The number of furan rings is 1. The van der Waals surface area contributed by atoms with E-state index in [0.717, 1.165) is 18.8 Å². The molecule has 0 bridgehead atoms. The maximum absolute atomic E-state index is 5.29. The van der Waals surface area contributed by atoms with Crippen molar-refractivity contribution in [3.05, 3.63) is 24.2 Å². The van der Waals surface area contributed by atoms with Crippen molar-refractivity contribution in [3.8, 4) is 0 Å². The Balaban J connectivity index is 2.26. The van der Waals surface area contributed by atoms with Crippen LogP contribution in [0.25, 0.3) is 0 Å². The smallest absolute Gasteiger partial charge is 0.117 e. The molecular formula is C14H26N2O. The van der Waals surface area contributed by atoms with E-state index in [-0.39, 0.29) is 0 Å². The van der Waals surface area contributed by atoms with Crippen LogP contribution in [0.15, 0.2) is 22.8 Å². The first-order valence-electron chi connectivity index (χ1n) is 6.64. The van der Waals surface area contributed by atoms with E-state index in [1.807, 2.05) is 12.1 Å². The summed E-state index contributed by atoms with van der Waals surface area (Å²) < 4.78 is 5.29. The van der Waals surface area contributed by atoms with Gasteiger partial charge in [-0.3, -0.25) is 4.90 Å². The number of hydrogen-bond acceptors (Lipinski definition) is 3. The first kappa shape index (κ1) is 14.3. The summed E-state index contributed by atoms with van der Waals surface area (Å²) in [5.74, 6) is 1.00. The second-order valence-electron chi connectivity index (χ2n) is 4.70. The van der Waals surface area contributed by atoms with Crippen LogP contribution in [-0.2, 0) is 6.54 Å². The third kappa shape index (κ3) is 4.52. The Hall–Kier alpha value is -0.800. The van der Waals surface area contributed by atoms with E-state index in [9.17, 15) is 0 Å². The van der Waals surface area contributed by atoms with E-state index in [4.69, 9.17) is 4.42 Å². The van der Waals surface area contributed by atoms with E-state index in [1.54, 1.807) is 6.26 Å². The Bertz CT molecular complexity index is 280. The fraction of sp³-hybridized carbons (Fsp3) is 0.714. The Morgan fingerprint density at radius 3 is 2.59 bits per heavy atom. The monoisotopic (exact) mass is 238 g/mol. The predicted octanol–water partition coefficient (Wildman–Crippen LogP) is 2.88. The van der Waals surface area contributed by atoms with Crippen LogP contribution < -0.4 is 5.32 Å². The molecule has 98 valence electrons. The molecule has 0 aliphatic carbocycles. The first-order chi connectivity index (χ1) is 8.19. The molecule has 1 heterocycles. The van der Waals surface area contributed by atoms with Crippen molar-refractivity contribution in [3.63, 3.8) is 0 Å². The second kappa shape index (κ2) is 7.51. The molecule has 0 saturated carbocycles. The Kier molecular flexibility index (Phi) is 6.30. The molecule has 0 saturated heterocycles. The van der Waals surface area contributed by atoms with Gasteiger partial charge in [0.1, 0.15) is 5.76 Å². The van der Waals surface area contributed by atoms with Gasteiger partial charge in [0.25, 0.3) is 0 Å². The molecule has 0 aliphatic rings. The molecule has 0 spiro atoms. The molecule has 0 radical (unpaired) electrons. The molecule has 1 N–H and O–H groups in total. The molecule has 0 aliphatic heterocycles. The highest BCUT2D eigenvalue weighted by atomic mass is 16.3. The van der Waals surface area contributed by atoms with Crippen LogP contribution in [0.5, 0.6) is 0 Å². The van der Waals surface area contributed by atoms with E-state index in [1.165, 1.54) is 12.8 Å². The summed E-state index contributed by atoms with van der Waals surface area (Å²) in [4.78, 5) is 2.47. The zero-order valence-corrected chi connectivity index (χ0v) is 11.6. The number of nitrogens with one attached hydrogen (secondary N) is 1. The molecule has 3 heteroatoms. The number of likely N-dealkylation sites (N-methyl/N-ethyl adjacent to an activating group) is 1. The Morgan fingerprint density at radius 1 is 1.35 bits per heavy atom. The SMILES string of the molecule is CCC(CC)N(C)C(C)CNCc1ccco1. The minimum Gasteiger partial charge on any atom is -0.468 e. The number of rotatable bonds is 8. The fourth-order valence-corrected chi connectivity index (χ4v) is 2.19. The lowest BCUT2D eigenvalue weighted by Crippen LogP contribution is -2.43. The van der Waals surface area contributed by atoms with Crippen molar-refractivity contribution >= 4 is 0 Å². The molecule has 1 aromatic heterocycles. The summed E-state index contributed by atoms with van der Waals surface area (Å²) in [6.45, 7) is 8.59. The normalized spacial score (nSPS) is 13.5. The quantitative estimate of drug-likeness (QED) is 0.755. The van der Waals surface area contributed by atoms with Crippen LogP contribution in [0.4, 0.5) is 0 Å². The van der Waals surface area contributed by atoms with Crippen molar-refractivity contribution in [1.82, 2.24) is 10.2 Å². The number of nitrogens with zero attached hydrogens (tertiary/aromatic N) is 1.